The smallest absolute Gasteiger partial charge is 0.278 e. The summed E-state index contributed by atoms with van der Waals surface area (Å²) in [4.78, 5) is 40.1. The molecule has 1 fully saturated rings. The van der Waals surface area contributed by atoms with Crippen LogP contribution in [0.5, 0.6) is 5.75 Å². The van der Waals surface area contributed by atoms with E-state index in [-0.39, 0.29) is 29.5 Å². The van der Waals surface area contributed by atoms with Crippen molar-refractivity contribution < 1.29 is 23.5 Å². The van der Waals surface area contributed by atoms with Crippen LogP contribution in [-0.4, -0.2) is 49.7 Å². The number of pyridine rings is 1. The van der Waals surface area contributed by atoms with E-state index in [1.807, 2.05) is 11.9 Å². The number of amides is 2. The SMILES string of the molecule is CCN1C(=O)c2c(O)c(=O)c(C(=O)NCc3ccc(F)cc3F)cn2N2CC[C@H](I)C[C@@H]12. The fourth-order valence-corrected chi connectivity index (χ4v) is 4.88. The van der Waals surface area contributed by atoms with Crippen LogP contribution in [0, 0.1) is 11.6 Å². The van der Waals surface area contributed by atoms with Gasteiger partial charge in [0.05, 0.1) is 0 Å². The van der Waals surface area contributed by atoms with Crippen molar-refractivity contribution in [2.45, 2.75) is 36.4 Å². The molecule has 0 unspecified atom stereocenters. The van der Waals surface area contributed by atoms with E-state index in [0.29, 0.717) is 29.5 Å². The van der Waals surface area contributed by atoms with Gasteiger partial charge in [-0.05, 0) is 25.8 Å². The summed E-state index contributed by atoms with van der Waals surface area (Å²) in [6, 6.07) is 2.95. The standard InChI is InChI=1S/C21H21F2IN4O4/c1-2-26-16-8-13(24)5-6-27(16)28-10-14(18(29)19(30)17(28)21(26)32)20(31)25-9-11-3-4-12(22)7-15(11)23/h3-4,7,10,13,16,30H,2,5-6,8-9H2,1H3,(H,25,31)/t13-,16-/m0/s1. The molecule has 8 nitrogen and oxygen atoms in total. The van der Waals surface area contributed by atoms with E-state index < -0.39 is 34.6 Å². The van der Waals surface area contributed by atoms with Crippen molar-refractivity contribution >= 4 is 34.4 Å². The lowest BCUT2D eigenvalue weighted by atomic mass is 10.0. The number of aromatic nitrogens is 1. The number of halogens is 3. The van der Waals surface area contributed by atoms with E-state index in [4.69, 9.17) is 0 Å². The first-order valence-corrected chi connectivity index (χ1v) is 11.4. The Hall–Kier alpha value is -2.70. The monoisotopic (exact) mass is 558 g/mol. The molecule has 0 saturated carbocycles. The van der Waals surface area contributed by atoms with E-state index in [2.05, 4.69) is 27.9 Å². The van der Waals surface area contributed by atoms with Gasteiger partial charge < -0.3 is 15.3 Å². The van der Waals surface area contributed by atoms with Crippen LogP contribution in [0.3, 0.4) is 0 Å². The quantitative estimate of drug-likeness (QED) is 0.443. The Morgan fingerprint density at radius 2 is 2.06 bits per heavy atom. The maximum Gasteiger partial charge on any atom is 0.278 e. The van der Waals surface area contributed by atoms with E-state index in [1.165, 1.54) is 16.9 Å². The molecule has 3 heterocycles. The van der Waals surface area contributed by atoms with Crippen molar-refractivity contribution in [2.75, 3.05) is 18.1 Å². The summed E-state index contributed by atoms with van der Waals surface area (Å²) in [6.45, 7) is 2.52. The molecule has 1 aromatic carbocycles. The second-order valence-corrected chi connectivity index (χ2v) is 9.45. The number of aromatic hydroxyl groups is 1. The first-order valence-electron chi connectivity index (χ1n) is 10.2. The molecule has 170 valence electrons. The normalized spacial score (nSPS) is 20.1. The molecular weight excluding hydrogens is 537 g/mol. The Labute approximate surface area is 195 Å². The first kappa shape index (κ1) is 22.5. The summed E-state index contributed by atoms with van der Waals surface area (Å²) in [5.74, 6) is -3.69. The molecule has 0 bridgehead atoms. The van der Waals surface area contributed by atoms with Gasteiger partial charge in [0, 0.05) is 41.4 Å². The minimum atomic E-state index is -0.986. The number of rotatable bonds is 4. The molecule has 2 aliphatic rings. The number of hydrogen-bond donors (Lipinski definition) is 2. The van der Waals surface area contributed by atoms with Gasteiger partial charge >= 0.3 is 0 Å². The van der Waals surface area contributed by atoms with Crippen LogP contribution in [0.2, 0.25) is 0 Å². The molecule has 0 spiro atoms. The van der Waals surface area contributed by atoms with Gasteiger partial charge in [-0.1, -0.05) is 28.7 Å². The Kier molecular flexibility index (Phi) is 6.10. The van der Waals surface area contributed by atoms with Crippen LogP contribution >= 0.6 is 22.6 Å². The van der Waals surface area contributed by atoms with Crippen molar-refractivity contribution in [2.24, 2.45) is 0 Å². The van der Waals surface area contributed by atoms with Gasteiger partial charge in [0.2, 0.25) is 5.43 Å². The number of benzene rings is 1. The lowest BCUT2D eigenvalue weighted by molar-refractivity contribution is 0.0542. The van der Waals surface area contributed by atoms with E-state index in [9.17, 15) is 28.3 Å². The number of fused-ring (bicyclic) bond motifs is 3. The third-order valence-corrected chi connectivity index (χ3v) is 6.92. The molecule has 11 heteroatoms. The molecule has 32 heavy (non-hydrogen) atoms. The highest BCUT2D eigenvalue weighted by Crippen LogP contribution is 2.32. The molecule has 2 N–H and O–H groups in total. The molecule has 2 aromatic rings. The van der Waals surface area contributed by atoms with E-state index in [0.717, 1.165) is 12.5 Å². The maximum absolute atomic E-state index is 13.9. The van der Waals surface area contributed by atoms with Crippen LogP contribution in [-0.2, 0) is 6.54 Å². The predicted octanol–water partition coefficient (Wildman–Crippen LogP) is 2.10. The predicted molar refractivity (Wildman–Crippen MR) is 121 cm³/mol. The number of carbonyl (C=O) groups excluding carboxylic acids is 2. The third-order valence-electron chi connectivity index (χ3n) is 5.79. The van der Waals surface area contributed by atoms with Gasteiger partial charge in [-0.25, -0.2) is 8.78 Å². The number of piperidine rings is 1. The summed E-state index contributed by atoms with van der Waals surface area (Å²) in [7, 11) is 0. The van der Waals surface area contributed by atoms with Gasteiger partial charge in [0.25, 0.3) is 11.8 Å². The number of hydrogen-bond acceptors (Lipinski definition) is 5. The van der Waals surface area contributed by atoms with Crippen LogP contribution in [0.4, 0.5) is 8.78 Å². The van der Waals surface area contributed by atoms with Crippen molar-refractivity contribution in [3.8, 4) is 5.75 Å². The fourth-order valence-electron chi connectivity index (χ4n) is 4.14. The van der Waals surface area contributed by atoms with Crippen molar-refractivity contribution in [3.05, 3.63) is 63.1 Å². The summed E-state index contributed by atoms with van der Waals surface area (Å²) in [5, 5.41) is 14.9. The number of carbonyl (C=O) groups is 2. The second kappa shape index (κ2) is 8.68. The van der Waals surface area contributed by atoms with Gasteiger partial charge in [-0.15, -0.1) is 0 Å². The van der Waals surface area contributed by atoms with Crippen molar-refractivity contribution in [3.63, 3.8) is 0 Å². The highest BCUT2D eigenvalue weighted by atomic mass is 127. The Morgan fingerprint density at radius 3 is 2.75 bits per heavy atom. The number of nitrogens with zero attached hydrogens (tertiary/aromatic N) is 3. The summed E-state index contributed by atoms with van der Waals surface area (Å²) in [6.07, 6.45) is 2.53. The van der Waals surface area contributed by atoms with E-state index >= 15 is 0 Å². The maximum atomic E-state index is 13.9. The van der Waals surface area contributed by atoms with Gasteiger partial charge in [0.1, 0.15) is 23.4 Å². The number of nitrogens with one attached hydrogen (secondary N) is 1. The summed E-state index contributed by atoms with van der Waals surface area (Å²) < 4.78 is 28.7. The highest BCUT2D eigenvalue weighted by molar-refractivity contribution is 14.1. The fraction of sp³-hybridized carbons (Fsp3) is 0.381. The molecule has 2 amide bonds. The van der Waals surface area contributed by atoms with Gasteiger partial charge in [-0.2, -0.15) is 0 Å². The molecule has 4 rings (SSSR count). The Bertz CT molecular complexity index is 1160. The van der Waals surface area contributed by atoms with Crippen LogP contribution in [0.25, 0.3) is 0 Å². The lowest BCUT2D eigenvalue weighted by Crippen LogP contribution is -2.64. The molecule has 1 aromatic heterocycles. The van der Waals surface area contributed by atoms with Crippen LogP contribution in [0.15, 0.2) is 29.2 Å². The second-order valence-electron chi connectivity index (χ2n) is 7.69. The molecule has 2 atom stereocenters. The largest absolute Gasteiger partial charge is 0.502 e. The van der Waals surface area contributed by atoms with Crippen LogP contribution < -0.4 is 15.8 Å². The number of alkyl halides is 1. The average molecular weight is 558 g/mol. The highest BCUT2D eigenvalue weighted by Gasteiger charge is 2.42. The van der Waals surface area contributed by atoms with Crippen molar-refractivity contribution in [1.29, 1.82) is 0 Å². The zero-order valence-corrected chi connectivity index (χ0v) is 19.3. The molecule has 2 aliphatic heterocycles. The van der Waals surface area contributed by atoms with Crippen molar-refractivity contribution in [1.82, 2.24) is 14.9 Å². The zero-order valence-electron chi connectivity index (χ0n) is 17.1. The average Bonchev–Trinajstić information content (AvgIpc) is 2.75. The summed E-state index contributed by atoms with van der Waals surface area (Å²) in [5.41, 5.74) is -1.50. The van der Waals surface area contributed by atoms with Gasteiger partial charge in [0.15, 0.2) is 11.4 Å². The Balaban J connectivity index is 1.69. The van der Waals surface area contributed by atoms with Crippen LogP contribution in [0.1, 0.15) is 46.2 Å². The molecule has 1 saturated heterocycles. The minimum Gasteiger partial charge on any atom is -0.502 e. The minimum absolute atomic E-state index is 0.0416. The first-order chi connectivity index (χ1) is 15.2. The third kappa shape index (κ3) is 3.82. The van der Waals surface area contributed by atoms with E-state index in [1.54, 1.807) is 4.90 Å². The molecular formula is C21H21F2IN4O4. The molecule has 0 radical (unpaired) electrons. The lowest BCUT2D eigenvalue weighted by Gasteiger charge is -2.49. The summed E-state index contributed by atoms with van der Waals surface area (Å²) >= 11 is 2.34. The Morgan fingerprint density at radius 1 is 1.31 bits per heavy atom. The molecule has 0 aliphatic carbocycles. The zero-order chi connectivity index (χ0) is 23.2. The van der Waals surface area contributed by atoms with Gasteiger partial charge in [-0.3, -0.25) is 24.1 Å². The topological polar surface area (TPSA) is 94.9 Å².